The first-order valence-electron chi connectivity index (χ1n) is 8.67. The first-order valence-corrected chi connectivity index (χ1v) is 8.67. The van der Waals surface area contributed by atoms with Gasteiger partial charge in [-0.3, -0.25) is 14.2 Å². The number of hydrogen-bond donors (Lipinski definition) is 0. The molecule has 1 amide bonds. The van der Waals surface area contributed by atoms with Gasteiger partial charge < -0.3 is 9.47 Å². The summed E-state index contributed by atoms with van der Waals surface area (Å²) in [5.41, 5.74) is -0.425. The molecule has 1 fully saturated rings. The summed E-state index contributed by atoms with van der Waals surface area (Å²) in [6.07, 6.45) is 10.1. The molecule has 1 aromatic heterocycles. The van der Waals surface area contributed by atoms with Crippen LogP contribution in [0.1, 0.15) is 44.6 Å². The predicted molar refractivity (Wildman–Crippen MR) is 94.8 cm³/mol. The highest BCUT2D eigenvalue weighted by Gasteiger charge is 2.18. The molecule has 132 valence electrons. The molecule has 1 aliphatic heterocycles. The second-order valence-corrected chi connectivity index (χ2v) is 6.59. The third kappa shape index (κ3) is 4.24. The van der Waals surface area contributed by atoms with Crippen LogP contribution in [0.3, 0.4) is 0 Å². The first-order chi connectivity index (χ1) is 11.4. The van der Waals surface area contributed by atoms with Crippen LogP contribution < -0.4 is 11.2 Å². The molecule has 0 spiro atoms. The van der Waals surface area contributed by atoms with E-state index >= 15 is 0 Å². The fourth-order valence-electron chi connectivity index (χ4n) is 3.30. The molecule has 0 radical (unpaired) electrons. The van der Waals surface area contributed by atoms with Gasteiger partial charge in [-0.25, -0.2) is 4.79 Å². The van der Waals surface area contributed by atoms with E-state index in [1.807, 2.05) is 4.90 Å². The summed E-state index contributed by atoms with van der Waals surface area (Å²) in [4.78, 5) is 38.0. The highest BCUT2D eigenvalue weighted by molar-refractivity contribution is 5.91. The zero-order chi connectivity index (χ0) is 17.7. The third-order valence-electron chi connectivity index (χ3n) is 4.73. The molecule has 0 aromatic carbocycles. The topological polar surface area (TPSA) is 64.3 Å². The normalized spacial score (nSPS) is 18.8. The van der Waals surface area contributed by atoms with Crippen molar-refractivity contribution in [2.45, 2.75) is 39.0 Å². The average molecular weight is 333 g/mol. The number of nitrogens with zero attached hydrogens (tertiary/aromatic N) is 3. The van der Waals surface area contributed by atoms with Gasteiger partial charge in [0.05, 0.1) is 5.56 Å². The smallest absolute Gasteiger partial charge is 0.330 e. The van der Waals surface area contributed by atoms with Crippen molar-refractivity contribution >= 4 is 12.0 Å². The van der Waals surface area contributed by atoms with Crippen LogP contribution in [0.15, 0.2) is 21.9 Å². The molecule has 0 saturated carbocycles. The number of carbonyl (C=O) groups is 1. The van der Waals surface area contributed by atoms with Crippen molar-refractivity contribution in [1.82, 2.24) is 14.0 Å². The molecular formula is C18H27N3O3. The summed E-state index contributed by atoms with van der Waals surface area (Å²) in [6, 6.07) is 0. The van der Waals surface area contributed by atoms with Gasteiger partial charge in [0.15, 0.2) is 0 Å². The molecule has 6 nitrogen and oxygen atoms in total. The second kappa shape index (κ2) is 8.13. The molecular weight excluding hydrogens is 306 g/mol. The first kappa shape index (κ1) is 18.2. The van der Waals surface area contributed by atoms with Gasteiger partial charge in [-0.05, 0) is 31.3 Å². The van der Waals surface area contributed by atoms with E-state index in [0.717, 1.165) is 30.5 Å². The molecule has 0 aliphatic carbocycles. The molecule has 1 atom stereocenters. The van der Waals surface area contributed by atoms with Gasteiger partial charge in [0, 0.05) is 39.5 Å². The summed E-state index contributed by atoms with van der Waals surface area (Å²) in [7, 11) is 3.02. The van der Waals surface area contributed by atoms with Gasteiger partial charge in [-0.15, -0.1) is 0 Å². The Kier molecular flexibility index (Phi) is 6.17. The van der Waals surface area contributed by atoms with Crippen molar-refractivity contribution in [3.63, 3.8) is 0 Å². The van der Waals surface area contributed by atoms with Gasteiger partial charge in [0.2, 0.25) is 5.91 Å². The number of aryl methyl sites for hydroxylation is 1. The fraction of sp³-hybridized carbons (Fsp3) is 0.611. The van der Waals surface area contributed by atoms with Gasteiger partial charge in [0.25, 0.3) is 5.56 Å². The molecule has 1 aliphatic rings. The molecule has 24 heavy (non-hydrogen) atoms. The number of amides is 1. The summed E-state index contributed by atoms with van der Waals surface area (Å²) < 4.78 is 2.39. The highest BCUT2D eigenvalue weighted by atomic mass is 16.2. The van der Waals surface area contributed by atoms with Crippen LogP contribution >= 0.6 is 0 Å². The Morgan fingerprint density at radius 3 is 2.71 bits per heavy atom. The van der Waals surface area contributed by atoms with E-state index in [9.17, 15) is 14.4 Å². The quantitative estimate of drug-likeness (QED) is 0.785. The number of likely N-dealkylation sites (tertiary alicyclic amines) is 1. The molecule has 2 rings (SSSR count). The van der Waals surface area contributed by atoms with Crippen LogP contribution in [0.4, 0.5) is 0 Å². The van der Waals surface area contributed by atoms with Gasteiger partial charge in [-0.1, -0.05) is 19.8 Å². The lowest BCUT2D eigenvalue weighted by molar-refractivity contribution is -0.125. The van der Waals surface area contributed by atoms with Crippen molar-refractivity contribution in [2.24, 2.45) is 20.0 Å². The van der Waals surface area contributed by atoms with Crippen LogP contribution in [0.2, 0.25) is 0 Å². The Hall–Kier alpha value is -2.11. The fourth-order valence-corrected chi connectivity index (χ4v) is 3.30. The highest BCUT2D eigenvalue weighted by Crippen LogP contribution is 2.22. The second-order valence-electron chi connectivity index (χ2n) is 6.59. The Morgan fingerprint density at radius 1 is 1.25 bits per heavy atom. The summed E-state index contributed by atoms with van der Waals surface area (Å²) in [5, 5.41) is 0. The Balaban J connectivity index is 2.08. The van der Waals surface area contributed by atoms with Crippen molar-refractivity contribution < 1.29 is 4.79 Å². The van der Waals surface area contributed by atoms with Crippen LogP contribution in [-0.4, -0.2) is 33.0 Å². The maximum Gasteiger partial charge on any atom is 0.330 e. The number of carbonyl (C=O) groups excluding carboxylic acids is 1. The van der Waals surface area contributed by atoms with Crippen molar-refractivity contribution in [3.8, 4) is 0 Å². The van der Waals surface area contributed by atoms with E-state index in [0.29, 0.717) is 11.5 Å². The lowest BCUT2D eigenvalue weighted by Crippen LogP contribution is -2.37. The Morgan fingerprint density at radius 2 is 2.00 bits per heavy atom. The Bertz CT molecular complexity index is 730. The number of hydrogen-bond acceptors (Lipinski definition) is 3. The molecule has 2 heterocycles. The molecule has 0 bridgehead atoms. The summed E-state index contributed by atoms with van der Waals surface area (Å²) >= 11 is 0. The number of aromatic nitrogens is 2. The minimum absolute atomic E-state index is 0.0666. The van der Waals surface area contributed by atoms with Crippen molar-refractivity contribution in [1.29, 1.82) is 0 Å². The monoisotopic (exact) mass is 333 g/mol. The van der Waals surface area contributed by atoms with Crippen LogP contribution in [-0.2, 0) is 18.9 Å². The van der Waals surface area contributed by atoms with E-state index in [1.54, 1.807) is 7.05 Å². The lowest BCUT2D eigenvalue weighted by Gasteiger charge is -2.18. The standard InChI is InChI=1S/C18H27N3O3/c1-4-6-14-7-5-11-21(12-10-14)16(22)9-8-15-13-19(2)18(24)20(3)17(15)23/h8-9,13-14H,4-7,10-12H2,1-3H3/b9-8+. The lowest BCUT2D eigenvalue weighted by atomic mass is 9.96. The van der Waals surface area contributed by atoms with Gasteiger partial charge in [0.1, 0.15) is 0 Å². The van der Waals surface area contributed by atoms with E-state index in [1.165, 1.54) is 49.2 Å². The zero-order valence-corrected chi connectivity index (χ0v) is 14.8. The summed E-state index contributed by atoms with van der Waals surface area (Å²) in [6.45, 7) is 3.75. The number of rotatable bonds is 4. The van der Waals surface area contributed by atoms with E-state index in [2.05, 4.69) is 6.92 Å². The Labute approximate surface area is 142 Å². The predicted octanol–water partition coefficient (Wildman–Crippen LogP) is 1.53. The largest absolute Gasteiger partial charge is 0.339 e. The molecule has 1 unspecified atom stereocenters. The van der Waals surface area contributed by atoms with E-state index in [4.69, 9.17) is 0 Å². The van der Waals surface area contributed by atoms with Crippen molar-refractivity contribution in [3.05, 3.63) is 38.7 Å². The zero-order valence-electron chi connectivity index (χ0n) is 14.8. The molecule has 1 saturated heterocycles. The van der Waals surface area contributed by atoms with Gasteiger partial charge >= 0.3 is 5.69 Å². The maximum absolute atomic E-state index is 12.4. The van der Waals surface area contributed by atoms with E-state index in [-0.39, 0.29) is 17.2 Å². The average Bonchev–Trinajstić information content (AvgIpc) is 2.81. The van der Waals surface area contributed by atoms with Crippen LogP contribution in [0.25, 0.3) is 6.08 Å². The molecule has 0 N–H and O–H groups in total. The summed E-state index contributed by atoms with van der Waals surface area (Å²) in [5.74, 6) is 0.649. The minimum Gasteiger partial charge on any atom is -0.339 e. The minimum atomic E-state index is -0.388. The van der Waals surface area contributed by atoms with E-state index < -0.39 is 0 Å². The SMILES string of the molecule is CCCC1CCCN(C(=O)/C=C/c2cn(C)c(=O)n(C)c2=O)CC1. The van der Waals surface area contributed by atoms with Crippen LogP contribution in [0.5, 0.6) is 0 Å². The van der Waals surface area contributed by atoms with Gasteiger partial charge in [-0.2, -0.15) is 0 Å². The van der Waals surface area contributed by atoms with Crippen molar-refractivity contribution in [2.75, 3.05) is 13.1 Å². The maximum atomic E-state index is 12.4. The third-order valence-corrected chi connectivity index (χ3v) is 4.73. The van der Waals surface area contributed by atoms with Crippen LogP contribution in [0, 0.1) is 5.92 Å². The molecule has 1 aromatic rings. The molecule has 6 heteroatoms.